The fourth-order valence-corrected chi connectivity index (χ4v) is 2.72. The van der Waals surface area contributed by atoms with E-state index >= 15 is 0 Å². The number of hydrogen-bond acceptors (Lipinski definition) is 7. The van der Waals surface area contributed by atoms with Crippen LogP contribution in [0, 0.1) is 10.1 Å². The molecule has 0 saturated heterocycles. The van der Waals surface area contributed by atoms with Gasteiger partial charge >= 0.3 is 5.76 Å². The zero-order valence-electron chi connectivity index (χ0n) is 14.1. The summed E-state index contributed by atoms with van der Waals surface area (Å²) < 4.78 is 17.0. The molecule has 0 unspecified atom stereocenters. The van der Waals surface area contributed by atoms with Gasteiger partial charge in [0.05, 0.1) is 29.8 Å². The fraction of sp³-hybridized carbons (Fsp3) is 0.111. The second-order valence-corrected chi connectivity index (χ2v) is 5.74. The molecule has 0 fully saturated rings. The number of nitrogens with zero attached hydrogens (tertiary/aromatic N) is 3. The highest BCUT2D eigenvalue weighted by Crippen LogP contribution is 2.23. The van der Waals surface area contributed by atoms with Gasteiger partial charge in [-0.05, 0) is 30.3 Å². The van der Waals surface area contributed by atoms with Crippen molar-refractivity contribution in [2.45, 2.75) is 6.54 Å². The van der Waals surface area contributed by atoms with Crippen LogP contribution in [0.2, 0.25) is 0 Å². The van der Waals surface area contributed by atoms with E-state index in [1.165, 1.54) is 29.0 Å². The van der Waals surface area contributed by atoms with Crippen molar-refractivity contribution < 1.29 is 18.5 Å². The van der Waals surface area contributed by atoms with Crippen molar-refractivity contribution in [1.82, 2.24) is 9.55 Å². The maximum absolute atomic E-state index is 12.1. The average Bonchev–Trinajstić information content (AvgIpc) is 3.26. The van der Waals surface area contributed by atoms with Crippen LogP contribution in [-0.4, -0.2) is 21.6 Å². The van der Waals surface area contributed by atoms with Crippen LogP contribution in [0.3, 0.4) is 0 Å². The van der Waals surface area contributed by atoms with Gasteiger partial charge in [0, 0.05) is 17.7 Å². The number of rotatable bonds is 5. The molecule has 0 spiro atoms. The Kier molecular flexibility index (Phi) is 3.96. The van der Waals surface area contributed by atoms with E-state index in [1.54, 1.807) is 31.4 Å². The van der Waals surface area contributed by atoms with Crippen molar-refractivity contribution in [2.75, 3.05) is 7.11 Å². The molecule has 0 aliphatic heterocycles. The monoisotopic (exact) mass is 367 g/mol. The molecular weight excluding hydrogens is 354 g/mol. The van der Waals surface area contributed by atoms with Gasteiger partial charge in [0.1, 0.15) is 12.0 Å². The normalized spacial score (nSPS) is 11.0. The van der Waals surface area contributed by atoms with E-state index in [0.717, 1.165) is 5.56 Å². The predicted molar refractivity (Wildman–Crippen MR) is 94.7 cm³/mol. The van der Waals surface area contributed by atoms with Crippen molar-refractivity contribution in [3.63, 3.8) is 0 Å². The van der Waals surface area contributed by atoms with E-state index in [1.807, 2.05) is 0 Å². The fourth-order valence-electron chi connectivity index (χ4n) is 2.72. The zero-order valence-corrected chi connectivity index (χ0v) is 14.1. The standard InChI is InChI=1S/C18H13N3O6/c1-25-14-5-2-11(3-6-14)17-19-12(10-26-17)9-20-15-8-13(21(23)24)4-7-16(15)27-18(20)22/h2-8,10H,9H2,1H3. The van der Waals surface area contributed by atoms with Crippen LogP contribution >= 0.6 is 0 Å². The van der Waals surface area contributed by atoms with Gasteiger partial charge in [0.25, 0.3) is 5.69 Å². The van der Waals surface area contributed by atoms with Gasteiger partial charge in [-0.3, -0.25) is 14.7 Å². The third kappa shape index (κ3) is 3.06. The Morgan fingerprint density at radius 3 is 2.70 bits per heavy atom. The summed E-state index contributed by atoms with van der Waals surface area (Å²) in [6.45, 7) is 0.0622. The Morgan fingerprint density at radius 2 is 2.00 bits per heavy atom. The number of aromatic nitrogens is 2. The summed E-state index contributed by atoms with van der Waals surface area (Å²) in [5.41, 5.74) is 1.70. The molecule has 9 heteroatoms. The molecule has 0 bridgehead atoms. The smallest absolute Gasteiger partial charge is 0.420 e. The SMILES string of the molecule is COc1ccc(-c2nc(Cn3c(=O)oc4ccc([N+](=O)[O-])cc43)co2)cc1. The molecule has 0 aliphatic rings. The van der Waals surface area contributed by atoms with E-state index in [-0.39, 0.29) is 17.8 Å². The lowest BCUT2D eigenvalue weighted by Gasteiger charge is -2.00. The lowest BCUT2D eigenvalue weighted by atomic mass is 10.2. The largest absolute Gasteiger partial charge is 0.497 e. The third-order valence-corrected chi connectivity index (χ3v) is 4.07. The summed E-state index contributed by atoms with van der Waals surface area (Å²) >= 11 is 0. The minimum absolute atomic E-state index is 0.0622. The Labute approximate surface area is 151 Å². The maximum atomic E-state index is 12.1. The number of benzene rings is 2. The van der Waals surface area contributed by atoms with Crippen LogP contribution in [0.1, 0.15) is 5.69 Å². The number of methoxy groups -OCH3 is 1. The molecule has 0 amide bonds. The average molecular weight is 367 g/mol. The van der Waals surface area contributed by atoms with E-state index in [9.17, 15) is 14.9 Å². The molecule has 0 aliphatic carbocycles. The molecule has 27 heavy (non-hydrogen) atoms. The minimum Gasteiger partial charge on any atom is -0.497 e. The molecule has 0 saturated carbocycles. The first-order chi connectivity index (χ1) is 13.0. The first-order valence-corrected chi connectivity index (χ1v) is 7.92. The van der Waals surface area contributed by atoms with Crippen LogP contribution in [-0.2, 0) is 6.54 Å². The van der Waals surface area contributed by atoms with Crippen LogP contribution in [0.15, 0.2) is 62.4 Å². The van der Waals surface area contributed by atoms with Crippen LogP contribution in [0.4, 0.5) is 5.69 Å². The molecule has 2 aromatic heterocycles. The van der Waals surface area contributed by atoms with Crippen molar-refractivity contribution in [3.05, 3.63) is 75.1 Å². The molecular formula is C18H13N3O6. The molecule has 136 valence electrons. The van der Waals surface area contributed by atoms with Gasteiger partial charge in [-0.2, -0.15) is 0 Å². The Morgan fingerprint density at radius 1 is 1.22 bits per heavy atom. The summed E-state index contributed by atoms with van der Waals surface area (Å²) in [5, 5.41) is 11.0. The third-order valence-electron chi connectivity index (χ3n) is 4.07. The number of hydrogen-bond donors (Lipinski definition) is 0. The molecule has 0 radical (unpaired) electrons. The van der Waals surface area contributed by atoms with Gasteiger partial charge in [0.2, 0.25) is 5.89 Å². The van der Waals surface area contributed by atoms with E-state index in [2.05, 4.69) is 4.98 Å². The highest BCUT2D eigenvalue weighted by Gasteiger charge is 2.16. The topological polar surface area (TPSA) is 114 Å². The summed E-state index contributed by atoms with van der Waals surface area (Å²) in [4.78, 5) is 26.9. The van der Waals surface area contributed by atoms with E-state index in [4.69, 9.17) is 13.6 Å². The van der Waals surface area contributed by atoms with E-state index in [0.29, 0.717) is 22.9 Å². The summed E-state index contributed by atoms with van der Waals surface area (Å²) in [5.74, 6) is 0.475. The van der Waals surface area contributed by atoms with Gasteiger partial charge in [-0.1, -0.05) is 0 Å². The first kappa shape index (κ1) is 16.6. The van der Waals surface area contributed by atoms with Crippen LogP contribution < -0.4 is 10.5 Å². The molecule has 0 N–H and O–H groups in total. The van der Waals surface area contributed by atoms with Gasteiger partial charge in [-0.15, -0.1) is 0 Å². The number of nitro benzene ring substituents is 1. The van der Waals surface area contributed by atoms with E-state index < -0.39 is 10.7 Å². The number of fused-ring (bicyclic) bond motifs is 1. The predicted octanol–water partition coefficient (Wildman–Crippen LogP) is 3.21. The summed E-state index contributed by atoms with van der Waals surface area (Å²) in [7, 11) is 1.58. The minimum atomic E-state index is -0.625. The molecule has 4 rings (SSSR count). The number of ether oxygens (including phenoxy) is 1. The lowest BCUT2D eigenvalue weighted by molar-refractivity contribution is -0.384. The van der Waals surface area contributed by atoms with Crippen LogP contribution in [0.5, 0.6) is 5.75 Å². The van der Waals surface area contributed by atoms with Crippen molar-refractivity contribution in [2.24, 2.45) is 0 Å². The van der Waals surface area contributed by atoms with Crippen LogP contribution in [0.25, 0.3) is 22.6 Å². The quantitative estimate of drug-likeness (QED) is 0.393. The molecule has 4 aromatic rings. The zero-order chi connectivity index (χ0) is 19.0. The number of nitro groups is 1. The van der Waals surface area contributed by atoms with Crippen molar-refractivity contribution >= 4 is 16.8 Å². The first-order valence-electron chi connectivity index (χ1n) is 7.92. The highest BCUT2D eigenvalue weighted by molar-refractivity contribution is 5.76. The maximum Gasteiger partial charge on any atom is 0.420 e. The number of oxazole rings is 2. The summed E-state index contributed by atoms with van der Waals surface area (Å²) in [6, 6.07) is 11.2. The van der Waals surface area contributed by atoms with Gasteiger partial charge in [-0.25, -0.2) is 9.78 Å². The summed E-state index contributed by atoms with van der Waals surface area (Å²) in [6.07, 6.45) is 1.43. The molecule has 2 aromatic carbocycles. The molecule has 2 heterocycles. The van der Waals surface area contributed by atoms with Crippen molar-refractivity contribution in [3.8, 4) is 17.2 Å². The van der Waals surface area contributed by atoms with Gasteiger partial charge < -0.3 is 13.6 Å². The Bertz CT molecular complexity index is 1190. The highest BCUT2D eigenvalue weighted by atomic mass is 16.6. The Hall–Kier alpha value is -3.88. The molecule has 0 atom stereocenters. The lowest BCUT2D eigenvalue weighted by Crippen LogP contribution is -2.15. The second kappa shape index (κ2) is 6.45. The molecule has 9 nitrogen and oxygen atoms in total. The van der Waals surface area contributed by atoms with Crippen molar-refractivity contribution in [1.29, 1.82) is 0 Å². The Balaban J connectivity index is 1.67. The number of non-ortho nitro benzene ring substituents is 1. The second-order valence-electron chi connectivity index (χ2n) is 5.74. The van der Waals surface area contributed by atoms with Gasteiger partial charge in [0.15, 0.2) is 5.58 Å².